The summed E-state index contributed by atoms with van der Waals surface area (Å²) in [6.07, 6.45) is 1.53. The highest BCUT2D eigenvalue weighted by molar-refractivity contribution is 7.80. The van der Waals surface area contributed by atoms with E-state index in [0.29, 0.717) is 0 Å². The van der Waals surface area contributed by atoms with Crippen LogP contribution in [0.5, 0.6) is 0 Å². The van der Waals surface area contributed by atoms with Gasteiger partial charge in [-0.2, -0.15) is 5.10 Å². The fourth-order valence-electron chi connectivity index (χ4n) is 2.96. The first-order valence-corrected chi connectivity index (χ1v) is 9.05. The molecule has 0 spiro atoms. The molecule has 0 aromatic heterocycles. The molecule has 0 aliphatic carbocycles. The normalized spacial score (nSPS) is 20.2. The van der Waals surface area contributed by atoms with Crippen molar-refractivity contribution in [2.45, 2.75) is 24.9 Å². The van der Waals surface area contributed by atoms with E-state index in [4.69, 9.17) is 41.2 Å². The maximum Gasteiger partial charge on any atom is 0.184 e. The maximum atomic E-state index is 6.01. The molecule has 3 rings (SSSR count). The molecule has 2 atom stereocenters. The summed E-state index contributed by atoms with van der Waals surface area (Å²) < 4.78 is 0. The van der Waals surface area contributed by atoms with Gasteiger partial charge in [-0.3, -0.25) is 5.43 Å². The minimum Gasteiger partial charge on any atom is -0.375 e. The van der Waals surface area contributed by atoms with Crippen molar-refractivity contribution in [3.05, 3.63) is 69.7 Å². The SMILES string of the molecule is NC(=S)NN=C1CC(c2ccc(Cl)cc2)NC(c2ccc(Cl)cc2)C1. The largest absolute Gasteiger partial charge is 0.375 e. The first-order chi connectivity index (χ1) is 12.0. The van der Waals surface area contributed by atoms with Crippen molar-refractivity contribution < 1.29 is 0 Å². The summed E-state index contributed by atoms with van der Waals surface area (Å²) in [5.41, 5.74) is 11.5. The third-order valence-corrected chi connectivity index (χ3v) is 4.75. The van der Waals surface area contributed by atoms with E-state index in [2.05, 4.69) is 15.8 Å². The molecule has 25 heavy (non-hydrogen) atoms. The zero-order valence-electron chi connectivity index (χ0n) is 13.4. The van der Waals surface area contributed by atoms with Gasteiger partial charge in [-0.25, -0.2) is 0 Å². The smallest absolute Gasteiger partial charge is 0.184 e. The molecule has 1 aliphatic rings. The molecule has 0 bridgehead atoms. The molecule has 0 saturated carbocycles. The Balaban J connectivity index is 1.87. The van der Waals surface area contributed by atoms with Gasteiger partial charge in [0.1, 0.15) is 0 Å². The summed E-state index contributed by atoms with van der Waals surface area (Å²) in [5, 5.41) is 9.67. The highest BCUT2D eigenvalue weighted by Gasteiger charge is 2.27. The Bertz CT molecular complexity index is 719. The predicted octanol–water partition coefficient (Wildman–Crippen LogP) is 4.35. The van der Waals surface area contributed by atoms with E-state index in [9.17, 15) is 0 Å². The number of nitrogens with one attached hydrogen (secondary N) is 2. The summed E-state index contributed by atoms with van der Waals surface area (Å²) >= 11 is 16.9. The van der Waals surface area contributed by atoms with Crippen LogP contribution in [0.3, 0.4) is 0 Å². The molecule has 4 N–H and O–H groups in total. The Hall–Kier alpha value is -1.66. The van der Waals surface area contributed by atoms with Crippen LogP contribution in [0.1, 0.15) is 36.1 Å². The van der Waals surface area contributed by atoms with Gasteiger partial charge < -0.3 is 11.1 Å². The van der Waals surface area contributed by atoms with Crippen LogP contribution >= 0.6 is 35.4 Å². The van der Waals surface area contributed by atoms with Gasteiger partial charge in [-0.15, -0.1) is 0 Å². The summed E-state index contributed by atoms with van der Waals surface area (Å²) in [6.45, 7) is 0. The van der Waals surface area contributed by atoms with E-state index in [0.717, 1.165) is 39.7 Å². The number of nitrogens with two attached hydrogens (primary N) is 1. The molecule has 2 aromatic rings. The van der Waals surface area contributed by atoms with E-state index in [-0.39, 0.29) is 17.2 Å². The third-order valence-electron chi connectivity index (χ3n) is 4.15. The van der Waals surface area contributed by atoms with E-state index >= 15 is 0 Å². The lowest BCUT2D eigenvalue weighted by Crippen LogP contribution is -2.36. The molecule has 1 heterocycles. The molecular weight excluding hydrogens is 375 g/mol. The Labute approximate surface area is 162 Å². The second-order valence-electron chi connectivity index (χ2n) is 5.94. The zero-order chi connectivity index (χ0) is 17.8. The first kappa shape index (κ1) is 18.1. The van der Waals surface area contributed by atoms with Gasteiger partial charge >= 0.3 is 0 Å². The van der Waals surface area contributed by atoms with Crippen LogP contribution in [0.15, 0.2) is 53.6 Å². The first-order valence-electron chi connectivity index (χ1n) is 7.89. The summed E-state index contributed by atoms with van der Waals surface area (Å²) in [5.74, 6) is 0. The molecule has 1 saturated heterocycles. The standard InChI is InChI=1S/C18H18Cl2N4S/c19-13-5-1-11(2-6-13)16-9-15(23-24-18(21)25)10-17(22-16)12-3-7-14(20)8-4-12/h1-8,16-17,22H,9-10H2,(H3,21,24,25). The molecule has 7 heteroatoms. The third kappa shape index (κ3) is 4.92. The fraction of sp³-hybridized carbons (Fsp3) is 0.222. The highest BCUT2D eigenvalue weighted by Crippen LogP contribution is 2.32. The number of rotatable bonds is 3. The van der Waals surface area contributed by atoms with Crippen LogP contribution in [0.2, 0.25) is 10.0 Å². The lowest BCUT2D eigenvalue weighted by atomic mass is 9.89. The second-order valence-corrected chi connectivity index (χ2v) is 7.25. The molecule has 0 amide bonds. The van der Waals surface area contributed by atoms with E-state index in [1.54, 1.807) is 0 Å². The van der Waals surface area contributed by atoms with Gasteiger partial charge in [0.25, 0.3) is 0 Å². The summed E-state index contributed by atoms with van der Waals surface area (Å²) in [7, 11) is 0. The monoisotopic (exact) mass is 392 g/mol. The van der Waals surface area contributed by atoms with Crippen molar-refractivity contribution in [1.82, 2.24) is 10.7 Å². The highest BCUT2D eigenvalue weighted by atomic mass is 35.5. The van der Waals surface area contributed by atoms with Crippen molar-refractivity contribution in [1.29, 1.82) is 0 Å². The molecule has 1 aliphatic heterocycles. The van der Waals surface area contributed by atoms with Crippen LogP contribution in [0.25, 0.3) is 0 Å². The van der Waals surface area contributed by atoms with Gasteiger partial charge in [0.05, 0.1) is 0 Å². The Morgan fingerprint density at radius 3 is 1.80 bits per heavy atom. The number of hydrogen-bond acceptors (Lipinski definition) is 3. The number of halogens is 2. The molecular formula is C18H18Cl2N4S. The van der Waals surface area contributed by atoms with Crippen LogP contribution < -0.4 is 16.5 Å². The number of benzene rings is 2. The van der Waals surface area contributed by atoms with Crippen molar-refractivity contribution >= 4 is 46.2 Å². The molecule has 0 radical (unpaired) electrons. The van der Waals surface area contributed by atoms with Crippen molar-refractivity contribution in [3.8, 4) is 0 Å². The van der Waals surface area contributed by atoms with E-state index < -0.39 is 0 Å². The van der Waals surface area contributed by atoms with Crippen LogP contribution in [0, 0.1) is 0 Å². The fourth-order valence-corrected chi connectivity index (χ4v) is 3.26. The number of nitrogens with zero attached hydrogens (tertiary/aromatic N) is 1. The molecule has 2 aromatic carbocycles. The summed E-state index contributed by atoms with van der Waals surface area (Å²) in [4.78, 5) is 0. The molecule has 2 unspecified atom stereocenters. The molecule has 4 nitrogen and oxygen atoms in total. The number of hydrogen-bond donors (Lipinski definition) is 3. The van der Waals surface area contributed by atoms with E-state index in [1.807, 2.05) is 48.5 Å². The number of thiocarbonyl (C=S) groups is 1. The van der Waals surface area contributed by atoms with Gasteiger partial charge in [-0.1, -0.05) is 47.5 Å². The minimum absolute atomic E-state index is 0.124. The lowest BCUT2D eigenvalue weighted by Gasteiger charge is -2.32. The maximum absolute atomic E-state index is 6.01. The average molecular weight is 393 g/mol. The van der Waals surface area contributed by atoms with Crippen LogP contribution in [-0.2, 0) is 0 Å². The average Bonchev–Trinajstić information content (AvgIpc) is 2.61. The van der Waals surface area contributed by atoms with Gasteiger partial charge in [0.15, 0.2) is 5.11 Å². The number of hydrazone groups is 1. The topological polar surface area (TPSA) is 62.4 Å². The van der Waals surface area contributed by atoms with Crippen LogP contribution in [0.4, 0.5) is 0 Å². The van der Waals surface area contributed by atoms with Crippen molar-refractivity contribution in [2.75, 3.05) is 0 Å². The molecule has 1 fully saturated rings. The Morgan fingerprint density at radius 1 is 0.960 bits per heavy atom. The van der Waals surface area contributed by atoms with Gasteiger partial charge in [-0.05, 0) is 47.6 Å². The Kier molecular flexibility index (Phi) is 5.91. The number of piperidine rings is 1. The van der Waals surface area contributed by atoms with Crippen LogP contribution in [-0.4, -0.2) is 10.8 Å². The zero-order valence-corrected chi connectivity index (χ0v) is 15.7. The lowest BCUT2D eigenvalue weighted by molar-refractivity contribution is 0.427. The van der Waals surface area contributed by atoms with Gasteiger partial charge in [0.2, 0.25) is 0 Å². The molecule has 130 valence electrons. The van der Waals surface area contributed by atoms with E-state index in [1.165, 1.54) is 0 Å². The van der Waals surface area contributed by atoms with Crippen molar-refractivity contribution in [2.24, 2.45) is 10.8 Å². The van der Waals surface area contributed by atoms with Crippen molar-refractivity contribution in [3.63, 3.8) is 0 Å². The second kappa shape index (κ2) is 8.15. The summed E-state index contributed by atoms with van der Waals surface area (Å²) in [6, 6.07) is 16.0. The van der Waals surface area contributed by atoms with Gasteiger partial charge in [0, 0.05) is 40.7 Å². The Morgan fingerprint density at radius 2 is 1.40 bits per heavy atom. The minimum atomic E-state index is 0.124. The predicted molar refractivity (Wildman–Crippen MR) is 108 cm³/mol. The quantitative estimate of drug-likeness (QED) is 0.536.